The summed E-state index contributed by atoms with van der Waals surface area (Å²) < 4.78 is 7.20. The zero-order valence-corrected chi connectivity index (χ0v) is 10.8. The van der Waals surface area contributed by atoms with E-state index in [1.807, 2.05) is 7.05 Å². The first-order valence-corrected chi connectivity index (χ1v) is 6.37. The molecule has 0 radical (unpaired) electrons. The molecule has 1 fully saturated rings. The van der Waals surface area contributed by atoms with Crippen LogP contribution in [0.4, 0.5) is 5.82 Å². The maximum absolute atomic E-state index is 6.00. The molecule has 2 aromatic heterocycles. The summed E-state index contributed by atoms with van der Waals surface area (Å²) in [7, 11) is 1.87. The van der Waals surface area contributed by atoms with Crippen molar-refractivity contribution in [1.29, 1.82) is 0 Å². The topological polar surface area (TPSA) is 56.1 Å². The van der Waals surface area contributed by atoms with Crippen molar-refractivity contribution in [2.75, 3.05) is 30.5 Å². The Hall–Kier alpha value is -1.40. The molecule has 0 N–H and O–H groups in total. The van der Waals surface area contributed by atoms with Crippen molar-refractivity contribution in [3.05, 3.63) is 12.5 Å². The molecule has 3 heterocycles. The average Bonchev–Trinajstić information content (AvgIpc) is 2.81. The van der Waals surface area contributed by atoms with E-state index < -0.39 is 0 Å². The molecule has 0 bridgehead atoms. The zero-order valence-electron chi connectivity index (χ0n) is 10.1. The maximum atomic E-state index is 6.00. The molecule has 0 aliphatic carbocycles. The third-order valence-corrected chi connectivity index (χ3v) is 3.54. The largest absolute Gasteiger partial charge is 0.377 e. The molecule has 0 spiro atoms. The smallest absolute Gasteiger partial charge is 0.163 e. The van der Waals surface area contributed by atoms with E-state index in [4.69, 9.17) is 16.3 Å². The van der Waals surface area contributed by atoms with E-state index in [2.05, 4.69) is 20.0 Å². The fraction of sp³-hybridized carbons (Fsp3) is 0.545. The van der Waals surface area contributed by atoms with Crippen molar-refractivity contribution in [2.24, 2.45) is 7.05 Å². The summed E-state index contributed by atoms with van der Waals surface area (Å²) in [5.74, 6) is 1.41. The van der Waals surface area contributed by atoms with E-state index in [1.165, 1.54) is 0 Å². The predicted octanol–water partition coefficient (Wildman–Crippen LogP) is 0.807. The number of aryl methyl sites for hydroxylation is 1. The first-order valence-electron chi connectivity index (χ1n) is 5.84. The van der Waals surface area contributed by atoms with E-state index in [-0.39, 0.29) is 6.04 Å². The summed E-state index contributed by atoms with van der Waals surface area (Å²) >= 11 is 6.00. The fourth-order valence-electron chi connectivity index (χ4n) is 2.24. The highest BCUT2D eigenvalue weighted by molar-refractivity contribution is 6.18. The van der Waals surface area contributed by atoms with Crippen molar-refractivity contribution in [3.8, 4) is 0 Å². The molecule has 7 heteroatoms. The van der Waals surface area contributed by atoms with Crippen LogP contribution in [0, 0.1) is 0 Å². The van der Waals surface area contributed by atoms with Gasteiger partial charge in [-0.15, -0.1) is 11.6 Å². The highest BCUT2D eigenvalue weighted by Crippen LogP contribution is 2.25. The fourth-order valence-corrected chi connectivity index (χ4v) is 2.50. The Balaban J connectivity index is 2.07. The molecule has 1 saturated heterocycles. The number of morpholine rings is 1. The van der Waals surface area contributed by atoms with Crippen LogP contribution in [-0.4, -0.2) is 51.4 Å². The number of hydrogen-bond donors (Lipinski definition) is 0. The number of aromatic nitrogens is 4. The van der Waals surface area contributed by atoms with Gasteiger partial charge in [0.05, 0.1) is 30.8 Å². The second-order valence-electron chi connectivity index (χ2n) is 4.28. The molecule has 1 aliphatic heterocycles. The van der Waals surface area contributed by atoms with Crippen LogP contribution < -0.4 is 4.90 Å². The number of nitrogens with zero attached hydrogens (tertiary/aromatic N) is 5. The van der Waals surface area contributed by atoms with Gasteiger partial charge in [-0.1, -0.05) is 0 Å². The van der Waals surface area contributed by atoms with Gasteiger partial charge in [0.15, 0.2) is 5.65 Å². The molecular weight excluding hydrogens is 254 g/mol. The van der Waals surface area contributed by atoms with Crippen LogP contribution in [0.25, 0.3) is 11.0 Å². The summed E-state index contributed by atoms with van der Waals surface area (Å²) in [5.41, 5.74) is 0.833. The molecular formula is C11H14ClN5O. The number of hydrogen-bond acceptors (Lipinski definition) is 5. The predicted molar refractivity (Wildman–Crippen MR) is 69.0 cm³/mol. The van der Waals surface area contributed by atoms with Gasteiger partial charge in [0, 0.05) is 19.5 Å². The second-order valence-corrected chi connectivity index (χ2v) is 4.59. The van der Waals surface area contributed by atoms with Crippen LogP contribution in [-0.2, 0) is 11.8 Å². The third-order valence-electron chi connectivity index (χ3n) is 3.19. The summed E-state index contributed by atoms with van der Waals surface area (Å²) in [4.78, 5) is 10.8. The normalized spacial score (nSPS) is 20.6. The summed E-state index contributed by atoms with van der Waals surface area (Å²) in [6, 6.07) is 0.152. The minimum Gasteiger partial charge on any atom is -0.377 e. The molecule has 3 rings (SSSR count). The van der Waals surface area contributed by atoms with Crippen molar-refractivity contribution in [3.63, 3.8) is 0 Å². The number of ether oxygens (including phenoxy) is 1. The Morgan fingerprint density at radius 2 is 2.39 bits per heavy atom. The van der Waals surface area contributed by atoms with E-state index in [1.54, 1.807) is 17.2 Å². The number of rotatable bonds is 2. The minimum absolute atomic E-state index is 0.152. The van der Waals surface area contributed by atoms with E-state index in [9.17, 15) is 0 Å². The standard InChI is InChI=1S/C11H14ClN5O/c1-16-10-9(5-15-16)11(14-7-13-10)17-2-3-18-6-8(17)4-12/h5,7-8H,2-4,6H2,1H3. The number of halogens is 1. The first-order chi connectivity index (χ1) is 8.81. The van der Waals surface area contributed by atoms with Gasteiger partial charge >= 0.3 is 0 Å². The van der Waals surface area contributed by atoms with Gasteiger partial charge in [0.2, 0.25) is 0 Å². The van der Waals surface area contributed by atoms with Crippen LogP contribution >= 0.6 is 11.6 Å². The summed E-state index contributed by atoms with van der Waals surface area (Å²) in [6.45, 7) is 2.12. The quantitative estimate of drug-likeness (QED) is 0.754. The molecule has 1 atom stereocenters. The summed E-state index contributed by atoms with van der Waals surface area (Å²) in [5, 5.41) is 5.18. The lowest BCUT2D eigenvalue weighted by Crippen LogP contribution is -2.47. The average molecular weight is 268 g/mol. The third kappa shape index (κ3) is 1.81. The Labute approximate surface area is 110 Å². The van der Waals surface area contributed by atoms with Gasteiger partial charge in [-0.25, -0.2) is 9.97 Å². The maximum Gasteiger partial charge on any atom is 0.163 e. The zero-order chi connectivity index (χ0) is 12.5. The van der Waals surface area contributed by atoms with Gasteiger partial charge in [0.1, 0.15) is 12.1 Å². The van der Waals surface area contributed by atoms with Crippen LogP contribution in [0.2, 0.25) is 0 Å². The highest BCUT2D eigenvalue weighted by Gasteiger charge is 2.25. The lowest BCUT2D eigenvalue weighted by molar-refractivity contribution is 0.0995. The Bertz CT molecular complexity index is 557. The van der Waals surface area contributed by atoms with Gasteiger partial charge < -0.3 is 9.64 Å². The van der Waals surface area contributed by atoms with Gasteiger partial charge in [-0.2, -0.15) is 5.10 Å². The van der Waals surface area contributed by atoms with Gasteiger partial charge in [0.25, 0.3) is 0 Å². The Morgan fingerprint density at radius 3 is 3.22 bits per heavy atom. The minimum atomic E-state index is 0.152. The van der Waals surface area contributed by atoms with Crippen LogP contribution in [0.15, 0.2) is 12.5 Å². The Morgan fingerprint density at radius 1 is 1.50 bits per heavy atom. The molecule has 1 unspecified atom stereocenters. The number of anilines is 1. The highest BCUT2D eigenvalue weighted by atomic mass is 35.5. The van der Waals surface area contributed by atoms with Crippen molar-refractivity contribution >= 4 is 28.5 Å². The first kappa shape index (κ1) is 11.7. The lowest BCUT2D eigenvalue weighted by atomic mass is 10.2. The van der Waals surface area contributed by atoms with Crippen LogP contribution in [0.5, 0.6) is 0 Å². The van der Waals surface area contributed by atoms with E-state index in [0.29, 0.717) is 19.1 Å². The van der Waals surface area contributed by atoms with E-state index in [0.717, 1.165) is 23.4 Å². The van der Waals surface area contributed by atoms with Crippen LogP contribution in [0.3, 0.4) is 0 Å². The monoisotopic (exact) mass is 267 g/mol. The molecule has 1 aliphatic rings. The number of fused-ring (bicyclic) bond motifs is 1. The van der Waals surface area contributed by atoms with Gasteiger partial charge in [-0.05, 0) is 0 Å². The van der Waals surface area contributed by atoms with E-state index >= 15 is 0 Å². The molecule has 0 saturated carbocycles. The molecule has 6 nitrogen and oxygen atoms in total. The number of alkyl halides is 1. The molecule has 0 aromatic carbocycles. The molecule has 18 heavy (non-hydrogen) atoms. The van der Waals surface area contributed by atoms with Crippen molar-refractivity contribution < 1.29 is 4.74 Å². The van der Waals surface area contributed by atoms with Crippen molar-refractivity contribution in [1.82, 2.24) is 19.7 Å². The molecule has 96 valence electrons. The van der Waals surface area contributed by atoms with Crippen LogP contribution in [0.1, 0.15) is 0 Å². The van der Waals surface area contributed by atoms with Gasteiger partial charge in [-0.3, -0.25) is 4.68 Å². The van der Waals surface area contributed by atoms with Crippen molar-refractivity contribution in [2.45, 2.75) is 6.04 Å². The lowest BCUT2D eigenvalue weighted by Gasteiger charge is -2.35. The summed E-state index contributed by atoms with van der Waals surface area (Å²) in [6.07, 6.45) is 3.37. The molecule has 2 aromatic rings. The second kappa shape index (κ2) is 4.70. The SMILES string of the molecule is Cn1ncc2c(N3CCOCC3CCl)ncnc21. The molecule has 0 amide bonds. The Kier molecular flexibility index (Phi) is 3.05.